The maximum absolute atomic E-state index is 12.9. The highest BCUT2D eigenvalue weighted by atomic mass is 19.4. The van der Waals surface area contributed by atoms with Crippen LogP contribution in [-0.4, -0.2) is 19.2 Å². The Balaban J connectivity index is 1.67. The van der Waals surface area contributed by atoms with Crippen molar-refractivity contribution >= 4 is 5.69 Å². The normalized spacial score (nSPS) is 22.8. The molecule has 1 atom stereocenters. The maximum Gasteiger partial charge on any atom is 0.416 e. The standard InChI is InChI=1S/C20H20F3NO3/c21-20(22,23)16-10-8-15(9-11-16)18-14-19(25-12-4-5-13-26-19)27-24(18)17-6-2-1-3-7-17/h1-3,6-11,18H,4-5,12-14H2. The zero-order valence-corrected chi connectivity index (χ0v) is 14.6. The Hall–Kier alpha value is -2.09. The first-order chi connectivity index (χ1) is 13.0. The number of hydrogen-bond acceptors (Lipinski definition) is 4. The molecule has 2 aromatic rings. The number of rotatable bonds is 2. The summed E-state index contributed by atoms with van der Waals surface area (Å²) in [5.74, 6) is -1.21. The Kier molecular flexibility index (Phi) is 4.84. The first kappa shape index (κ1) is 18.3. The molecule has 2 aromatic carbocycles. The molecule has 144 valence electrons. The van der Waals surface area contributed by atoms with Gasteiger partial charge >= 0.3 is 12.1 Å². The highest BCUT2D eigenvalue weighted by Gasteiger charge is 2.50. The summed E-state index contributed by atoms with van der Waals surface area (Å²) >= 11 is 0. The van der Waals surface area contributed by atoms with E-state index in [0.717, 1.165) is 30.7 Å². The van der Waals surface area contributed by atoms with Crippen LogP contribution in [0.1, 0.15) is 36.4 Å². The number of benzene rings is 2. The molecule has 0 radical (unpaired) electrons. The molecule has 4 nitrogen and oxygen atoms in total. The summed E-state index contributed by atoms with van der Waals surface area (Å²) in [5, 5.41) is 1.67. The molecule has 2 saturated heterocycles. The van der Waals surface area contributed by atoms with Gasteiger partial charge in [-0.2, -0.15) is 13.2 Å². The van der Waals surface area contributed by atoms with E-state index < -0.39 is 17.7 Å². The Bertz CT molecular complexity index is 756. The summed E-state index contributed by atoms with van der Waals surface area (Å²) in [4.78, 5) is 6.09. The van der Waals surface area contributed by atoms with Crippen molar-refractivity contribution in [2.75, 3.05) is 18.3 Å². The summed E-state index contributed by atoms with van der Waals surface area (Å²) in [7, 11) is 0. The van der Waals surface area contributed by atoms with E-state index >= 15 is 0 Å². The maximum atomic E-state index is 12.9. The highest BCUT2D eigenvalue weighted by Crippen LogP contribution is 2.45. The van der Waals surface area contributed by atoms with Gasteiger partial charge < -0.3 is 9.47 Å². The molecule has 1 spiro atoms. The summed E-state index contributed by atoms with van der Waals surface area (Å²) in [6.07, 6.45) is -2.24. The average molecular weight is 379 g/mol. The topological polar surface area (TPSA) is 30.9 Å². The van der Waals surface area contributed by atoms with Crippen molar-refractivity contribution in [2.45, 2.75) is 37.5 Å². The van der Waals surface area contributed by atoms with Gasteiger partial charge in [-0.3, -0.25) is 0 Å². The van der Waals surface area contributed by atoms with E-state index in [1.54, 1.807) is 5.06 Å². The van der Waals surface area contributed by atoms with Gasteiger partial charge in [0, 0.05) is 0 Å². The van der Waals surface area contributed by atoms with Crippen LogP contribution in [0.25, 0.3) is 0 Å². The van der Waals surface area contributed by atoms with Gasteiger partial charge in [-0.25, -0.2) is 9.90 Å². The van der Waals surface area contributed by atoms with Crippen molar-refractivity contribution in [2.24, 2.45) is 0 Å². The van der Waals surface area contributed by atoms with Gasteiger partial charge in [0.25, 0.3) is 0 Å². The number of hydroxylamine groups is 1. The van der Waals surface area contributed by atoms with Gasteiger partial charge in [-0.1, -0.05) is 30.3 Å². The minimum absolute atomic E-state index is 0.326. The highest BCUT2D eigenvalue weighted by molar-refractivity contribution is 5.47. The number of para-hydroxylation sites is 1. The summed E-state index contributed by atoms with van der Waals surface area (Å²) < 4.78 is 50.4. The van der Waals surface area contributed by atoms with E-state index in [1.807, 2.05) is 30.3 Å². The molecular weight excluding hydrogens is 359 g/mol. The van der Waals surface area contributed by atoms with Crippen LogP contribution in [0.3, 0.4) is 0 Å². The number of halogens is 3. The molecule has 0 saturated carbocycles. The lowest BCUT2D eigenvalue weighted by molar-refractivity contribution is -0.356. The van der Waals surface area contributed by atoms with Gasteiger partial charge in [0.05, 0.1) is 36.9 Å². The molecule has 2 fully saturated rings. The second-order valence-electron chi connectivity index (χ2n) is 6.68. The molecule has 2 aliphatic heterocycles. The first-order valence-electron chi connectivity index (χ1n) is 8.95. The van der Waals surface area contributed by atoms with E-state index in [4.69, 9.17) is 14.3 Å². The minimum atomic E-state index is -4.36. The molecule has 0 aromatic heterocycles. The van der Waals surface area contributed by atoms with Crippen LogP contribution in [-0.2, 0) is 20.5 Å². The van der Waals surface area contributed by atoms with Crippen LogP contribution >= 0.6 is 0 Å². The molecule has 2 heterocycles. The van der Waals surface area contributed by atoms with Gasteiger partial charge in [-0.15, -0.1) is 0 Å². The van der Waals surface area contributed by atoms with E-state index in [0.29, 0.717) is 25.2 Å². The third-order valence-electron chi connectivity index (χ3n) is 4.78. The van der Waals surface area contributed by atoms with E-state index in [-0.39, 0.29) is 6.04 Å². The zero-order valence-electron chi connectivity index (χ0n) is 14.6. The average Bonchev–Trinajstić information content (AvgIpc) is 2.89. The summed E-state index contributed by atoms with van der Waals surface area (Å²) in [6, 6.07) is 14.3. The molecule has 4 rings (SSSR count). The van der Waals surface area contributed by atoms with Gasteiger partial charge in [-0.05, 0) is 42.7 Å². The number of nitrogens with zero attached hydrogens (tertiary/aromatic N) is 1. The molecular formula is C20H20F3NO3. The van der Waals surface area contributed by atoms with Crippen LogP contribution in [0.4, 0.5) is 18.9 Å². The molecule has 0 bridgehead atoms. The third-order valence-corrected chi connectivity index (χ3v) is 4.78. The molecule has 1 unspecified atom stereocenters. The van der Waals surface area contributed by atoms with Crippen LogP contribution in [0.5, 0.6) is 0 Å². The third kappa shape index (κ3) is 3.81. The largest absolute Gasteiger partial charge is 0.416 e. The lowest BCUT2D eigenvalue weighted by atomic mass is 10.0. The fraction of sp³-hybridized carbons (Fsp3) is 0.400. The van der Waals surface area contributed by atoms with Gasteiger partial charge in [0.15, 0.2) is 0 Å². The van der Waals surface area contributed by atoms with Crippen molar-refractivity contribution in [3.05, 3.63) is 65.7 Å². The monoisotopic (exact) mass is 379 g/mol. The van der Waals surface area contributed by atoms with Crippen molar-refractivity contribution in [1.29, 1.82) is 0 Å². The van der Waals surface area contributed by atoms with Crippen LogP contribution in [0.2, 0.25) is 0 Å². The Morgan fingerprint density at radius 2 is 1.52 bits per heavy atom. The lowest BCUT2D eigenvalue weighted by Gasteiger charge is -2.27. The molecule has 27 heavy (non-hydrogen) atoms. The summed E-state index contributed by atoms with van der Waals surface area (Å²) in [6.45, 7) is 1.03. The van der Waals surface area contributed by atoms with Gasteiger partial charge in [0.2, 0.25) is 0 Å². The number of anilines is 1. The fourth-order valence-corrected chi connectivity index (χ4v) is 3.40. The second-order valence-corrected chi connectivity index (χ2v) is 6.68. The van der Waals surface area contributed by atoms with E-state index in [1.165, 1.54) is 12.1 Å². The van der Waals surface area contributed by atoms with Crippen molar-refractivity contribution < 1.29 is 27.5 Å². The van der Waals surface area contributed by atoms with Crippen LogP contribution < -0.4 is 5.06 Å². The molecule has 0 aliphatic carbocycles. The van der Waals surface area contributed by atoms with Crippen molar-refractivity contribution in [1.82, 2.24) is 0 Å². The Morgan fingerprint density at radius 3 is 2.11 bits per heavy atom. The summed E-state index contributed by atoms with van der Waals surface area (Å²) in [5.41, 5.74) is 0.823. The Labute approximate surface area is 155 Å². The lowest BCUT2D eigenvalue weighted by Crippen LogP contribution is -2.36. The second kappa shape index (κ2) is 7.14. The number of alkyl halides is 3. The molecule has 7 heteroatoms. The number of ether oxygens (including phenoxy) is 2. The minimum Gasteiger partial charge on any atom is -0.326 e. The predicted octanol–water partition coefficient (Wildman–Crippen LogP) is 5.07. The number of hydrogen-bond donors (Lipinski definition) is 0. The Morgan fingerprint density at radius 1 is 0.889 bits per heavy atom. The van der Waals surface area contributed by atoms with Crippen molar-refractivity contribution in [3.63, 3.8) is 0 Å². The van der Waals surface area contributed by atoms with E-state index in [9.17, 15) is 13.2 Å². The van der Waals surface area contributed by atoms with Crippen LogP contribution in [0, 0.1) is 0 Å². The quantitative estimate of drug-likeness (QED) is 0.729. The SMILES string of the molecule is FC(F)(F)c1ccc(C2CC3(OCCCCO3)ON2c2ccccc2)cc1. The smallest absolute Gasteiger partial charge is 0.326 e. The zero-order chi connectivity index (χ0) is 18.9. The molecule has 0 amide bonds. The van der Waals surface area contributed by atoms with Crippen LogP contribution in [0.15, 0.2) is 54.6 Å². The van der Waals surface area contributed by atoms with Gasteiger partial charge in [0.1, 0.15) is 0 Å². The first-order valence-corrected chi connectivity index (χ1v) is 8.95. The van der Waals surface area contributed by atoms with E-state index in [2.05, 4.69) is 0 Å². The molecule has 0 N–H and O–H groups in total. The fourth-order valence-electron chi connectivity index (χ4n) is 3.40. The van der Waals surface area contributed by atoms with Crippen molar-refractivity contribution in [3.8, 4) is 0 Å². The molecule has 2 aliphatic rings. The predicted molar refractivity (Wildman–Crippen MR) is 92.7 cm³/mol.